The fourth-order valence-electron chi connectivity index (χ4n) is 3.33. The molecule has 1 aromatic heterocycles. The number of aliphatic hydroxyl groups excluding tert-OH is 1. The van der Waals surface area contributed by atoms with E-state index in [9.17, 15) is 14.7 Å². The Morgan fingerprint density at radius 1 is 1.15 bits per heavy atom. The number of β-amino-alcohol motifs (C(OH)–C–C–N with tert-alkyl or cyclic N) is 1. The van der Waals surface area contributed by atoms with Crippen molar-refractivity contribution in [3.05, 3.63) is 48.5 Å². The molecule has 1 saturated heterocycles. The fourth-order valence-corrected chi connectivity index (χ4v) is 3.33. The van der Waals surface area contributed by atoms with Gasteiger partial charge in [-0.25, -0.2) is 14.6 Å². The zero-order valence-corrected chi connectivity index (χ0v) is 19.4. The van der Waals surface area contributed by atoms with Crippen molar-refractivity contribution in [2.75, 3.05) is 39.3 Å². The van der Waals surface area contributed by atoms with Crippen molar-refractivity contribution in [3.8, 4) is 5.75 Å². The van der Waals surface area contributed by atoms with E-state index in [1.807, 2.05) is 45.0 Å². The van der Waals surface area contributed by atoms with Crippen LogP contribution in [0.5, 0.6) is 5.75 Å². The van der Waals surface area contributed by atoms with E-state index in [2.05, 4.69) is 15.2 Å². The molecule has 0 saturated carbocycles. The van der Waals surface area contributed by atoms with Crippen molar-refractivity contribution in [2.45, 2.75) is 39.0 Å². The number of benzene rings is 1. The molecule has 0 spiro atoms. The second kappa shape index (κ2) is 11.2. The molecule has 0 aliphatic carbocycles. The maximum absolute atomic E-state index is 12.1. The second-order valence-corrected chi connectivity index (χ2v) is 9.01. The Bertz CT molecular complexity index is 887. The number of piperazine rings is 1. The Balaban J connectivity index is 1.34. The minimum Gasteiger partial charge on any atom is -0.491 e. The minimum atomic E-state index is -0.646. The van der Waals surface area contributed by atoms with Crippen LogP contribution in [-0.2, 0) is 11.3 Å². The number of nitrogens with zero attached hydrogens (tertiary/aromatic N) is 4. The van der Waals surface area contributed by atoms with Crippen molar-refractivity contribution >= 4 is 12.1 Å². The lowest BCUT2D eigenvalue weighted by Crippen LogP contribution is -2.51. The number of aromatic nitrogens is 2. The molecule has 33 heavy (non-hydrogen) atoms. The molecular formula is C23H33N5O5. The van der Waals surface area contributed by atoms with Crippen LogP contribution in [0, 0.1) is 0 Å². The van der Waals surface area contributed by atoms with Gasteiger partial charge in [-0.1, -0.05) is 12.1 Å². The molecule has 180 valence electrons. The van der Waals surface area contributed by atoms with Gasteiger partial charge in [-0.15, -0.1) is 0 Å². The average Bonchev–Trinajstić information content (AvgIpc) is 3.31. The molecule has 10 heteroatoms. The summed E-state index contributed by atoms with van der Waals surface area (Å²) in [5.41, 5.74) is 0.424. The summed E-state index contributed by atoms with van der Waals surface area (Å²) in [7, 11) is 0. The molecule has 1 atom stereocenters. The van der Waals surface area contributed by atoms with Crippen LogP contribution in [0.15, 0.2) is 43.0 Å². The average molecular weight is 460 g/mol. The molecule has 10 nitrogen and oxygen atoms in total. The molecule has 1 fully saturated rings. The van der Waals surface area contributed by atoms with E-state index in [4.69, 9.17) is 9.47 Å². The van der Waals surface area contributed by atoms with Crippen LogP contribution in [0.3, 0.4) is 0 Å². The zero-order chi connectivity index (χ0) is 23.8. The molecule has 0 radical (unpaired) electrons. The van der Waals surface area contributed by atoms with Gasteiger partial charge in [-0.3, -0.25) is 9.47 Å². The van der Waals surface area contributed by atoms with Gasteiger partial charge in [-0.05, 0) is 38.5 Å². The summed E-state index contributed by atoms with van der Waals surface area (Å²) >= 11 is 0. The molecule has 2 heterocycles. The van der Waals surface area contributed by atoms with Crippen molar-refractivity contribution in [1.82, 2.24) is 24.7 Å². The Kier molecular flexibility index (Phi) is 8.29. The summed E-state index contributed by atoms with van der Waals surface area (Å²) < 4.78 is 12.5. The summed E-state index contributed by atoms with van der Waals surface area (Å²) in [5, 5.41) is 13.2. The van der Waals surface area contributed by atoms with Gasteiger partial charge in [0.1, 0.15) is 30.4 Å². The van der Waals surface area contributed by atoms with Crippen LogP contribution in [0.25, 0.3) is 0 Å². The lowest BCUT2D eigenvalue weighted by molar-refractivity contribution is 0.00712. The number of aliphatic hydroxyl groups is 1. The SMILES string of the molecule is CC(C)(C)OC(=O)N1CCN(CC(O)COc2ccc(CNC(=O)n3ccnc3)cc2)CC1. The molecular weight excluding hydrogens is 426 g/mol. The third-order valence-electron chi connectivity index (χ3n) is 5.04. The maximum atomic E-state index is 12.1. The Hall–Kier alpha value is -3.11. The van der Waals surface area contributed by atoms with Crippen LogP contribution in [-0.4, -0.2) is 87.6 Å². The molecule has 1 aliphatic heterocycles. The predicted molar refractivity (Wildman–Crippen MR) is 122 cm³/mol. The fraction of sp³-hybridized carbons (Fsp3) is 0.522. The van der Waals surface area contributed by atoms with Crippen LogP contribution in [0.4, 0.5) is 9.59 Å². The van der Waals surface area contributed by atoms with E-state index < -0.39 is 11.7 Å². The first-order chi connectivity index (χ1) is 15.7. The molecule has 1 unspecified atom stereocenters. The normalized spacial score (nSPS) is 15.7. The summed E-state index contributed by atoms with van der Waals surface area (Å²) in [6.07, 6.45) is 3.63. The number of nitrogens with one attached hydrogen (secondary N) is 1. The van der Waals surface area contributed by atoms with Gasteiger partial charge in [0.15, 0.2) is 0 Å². The van der Waals surface area contributed by atoms with E-state index in [-0.39, 0.29) is 18.7 Å². The largest absolute Gasteiger partial charge is 0.491 e. The lowest BCUT2D eigenvalue weighted by atomic mass is 10.2. The second-order valence-electron chi connectivity index (χ2n) is 9.01. The number of ether oxygens (including phenoxy) is 2. The first-order valence-corrected chi connectivity index (χ1v) is 11.1. The molecule has 1 aliphatic rings. The molecule has 3 rings (SSSR count). The van der Waals surface area contributed by atoms with Crippen molar-refractivity contribution in [1.29, 1.82) is 0 Å². The van der Waals surface area contributed by atoms with Crippen molar-refractivity contribution in [3.63, 3.8) is 0 Å². The highest BCUT2D eigenvalue weighted by Gasteiger charge is 2.26. The first kappa shape index (κ1) is 24.5. The number of hydrogen-bond donors (Lipinski definition) is 2. The minimum absolute atomic E-state index is 0.170. The lowest BCUT2D eigenvalue weighted by Gasteiger charge is -2.36. The maximum Gasteiger partial charge on any atom is 0.410 e. The van der Waals surface area contributed by atoms with Gasteiger partial charge in [0, 0.05) is 51.7 Å². The highest BCUT2D eigenvalue weighted by atomic mass is 16.6. The van der Waals surface area contributed by atoms with Crippen molar-refractivity contribution < 1.29 is 24.2 Å². The van der Waals surface area contributed by atoms with Crippen LogP contribution in [0.1, 0.15) is 26.3 Å². The van der Waals surface area contributed by atoms with Gasteiger partial charge in [0.05, 0.1) is 0 Å². The van der Waals surface area contributed by atoms with E-state index >= 15 is 0 Å². The summed E-state index contributed by atoms with van der Waals surface area (Å²) in [4.78, 5) is 31.7. The number of imidazole rings is 1. The first-order valence-electron chi connectivity index (χ1n) is 11.1. The number of hydrogen-bond acceptors (Lipinski definition) is 7. The molecule has 2 aromatic rings. The Morgan fingerprint density at radius 2 is 1.85 bits per heavy atom. The Labute approximate surface area is 194 Å². The third-order valence-corrected chi connectivity index (χ3v) is 5.04. The standard InChI is InChI=1S/C23H33N5O5/c1-23(2,3)33-22(31)27-12-10-26(11-13-27)15-19(29)16-32-20-6-4-18(5-7-20)14-25-21(30)28-9-8-24-17-28/h4-9,17,19,29H,10-16H2,1-3H3,(H,25,30). The molecule has 2 N–H and O–H groups in total. The predicted octanol–water partition coefficient (Wildman–Crippen LogP) is 1.93. The third kappa shape index (κ3) is 8.07. The van der Waals surface area contributed by atoms with Crippen LogP contribution < -0.4 is 10.1 Å². The number of carbonyl (C=O) groups excluding carboxylic acids is 2. The van der Waals surface area contributed by atoms with E-state index in [0.29, 0.717) is 45.0 Å². The molecule has 0 bridgehead atoms. The van der Waals surface area contributed by atoms with Gasteiger partial charge in [-0.2, -0.15) is 0 Å². The van der Waals surface area contributed by atoms with Gasteiger partial charge < -0.3 is 24.8 Å². The smallest absolute Gasteiger partial charge is 0.410 e. The molecule has 2 amide bonds. The number of carbonyl (C=O) groups is 2. The highest BCUT2D eigenvalue weighted by Crippen LogP contribution is 2.14. The molecule has 1 aromatic carbocycles. The summed E-state index contributed by atoms with van der Waals surface area (Å²) in [5.74, 6) is 0.647. The van der Waals surface area contributed by atoms with Crippen LogP contribution >= 0.6 is 0 Å². The summed E-state index contributed by atoms with van der Waals surface area (Å²) in [6.45, 7) is 9.08. The van der Waals surface area contributed by atoms with Gasteiger partial charge in [0.25, 0.3) is 0 Å². The van der Waals surface area contributed by atoms with E-state index in [0.717, 1.165) is 5.56 Å². The quantitative estimate of drug-likeness (QED) is 0.651. The monoisotopic (exact) mass is 459 g/mol. The number of amides is 2. The topological polar surface area (TPSA) is 109 Å². The zero-order valence-electron chi connectivity index (χ0n) is 19.4. The van der Waals surface area contributed by atoms with Gasteiger partial charge >= 0.3 is 12.1 Å². The van der Waals surface area contributed by atoms with E-state index in [1.165, 1.54) is 10.9 Å². The van der Waals surface area contributed by atoms with Gasteiger partial charge in [0.2, 0.25) is 0 Å². The van der Waals surface area contributed by atoms with E-state index in [1.54, 1.807) is 17.3 Å². The highest BCUT2D eigenvalue weighted by molar-refractivity contribution is 5.76. The Morgan fingerprint density at radius 3 is 2.45 bits per heavy atom. The van der Waals surface area contributed by atoms with Crippen LogP contribution in [0.2, 0.25) is 0 Å². The number of rotatable bonds is 7. The summed E-state index contributed by atoms with van der Waals surface area (Å²) in [6, 6.07) is 7.11. The van der Waals surface area contributed by atoms with Crippen molar-refractivity contribution in [2.24, 2.45) is 0 Å².